The molecule has 224 valence electrons. The van der Waals surface area contributed by atoms with Crippen LogP contribution in [0.25, 0.3) is 0 Å². The van der Waals surface area contributed by atoms with Crippen molar-refractivity contribution in [1.29, 1.82) is 0 Å². The summed E-state index contributed by atoms with van der Waals surface area (Å²) in [5, 5.41) is 2.37. The fourth-order valence-corrected chi connectivity index (χ4v) is 4.80. The van der Waals surface area contributed by atoms with E-state index in [1.165, 1.54) is 0 Å². The van der Waals surface area contributed by atoms with Gasteiger partial charge in [0.05, 0.1) is 36.3 Å². The first-order chi connectivity index (χ1) is 19.8. The Kier molecular flexibility index (Phi) is 8.76. The molecule has 1 fully saturated rings. The number of hydrogen-bond donors (Lipinski definition) is 1. The van der Waals surface area contributed by atoms with Gasteiger partial charge in [-0.15, -0.1) is 0 Å². The van der Waals surface area contributed by atoms with Gasteiger partial charge < -0.3 is 19.5 Å². The number of ether oxygens (including phenoxy) is 3. The summed E-state index contributed by atoms with van der Waals surface area (Å²) in [6.45, 7) is 1.61. The molecule has 8 nitrogen and oxygen atoms in total. The van der Waals surface area contributed by atoms with E-state index in [4.69, 9.17) is 14.2 Å². The van der Waals surface area contributed by atoms with Gasteiger partial charge in [0.1, 0.15) is 17.7 Å². The molecule has 0 unspecified atom stereocenters. The molecule has 0 saturated carbocycles. The molecule has 2 aromatic carbocycles. The number of nitrogens with one attached hydrogen (secondary N) is 1. The fraction of sp³-hybridized carbons (Fsp3) is 0.357. The number of esters is 1. The Hall–Kier alpha value is -4.20. The van der Waals surface area contributed by atoms with Crippen LogP contribution in [0.5, 0.6) is 5.75 Å². The summed E-state index contributed by atoms with van der Waals surface area (Å²) in [4.78, 5) is 33.4. The predicted octanol–water partition coefficient (Wildman–Crippen LogP) is 6.00. The largest absolute Gasteiger partial charge is 0.496 e. The van der Waals surface area contributed by atoms with Gasteiger partial charge in [0, 0.05) is 17.4 Å². The van der Waals surface area contributed by atoms with Crippen LogP contribution in [-0.4, -0.2) is 46.8 Å². The van der Waals surface area contributed by atoms with Crippen LogP contribution in [0.1, 0.15) is 53.5 Å². The molecule has 1 N–H and O–H groups in total. The molecule has 3 aromatic rings. The van der Waals surface area contributed by atoms with E-state index in [0.29, 0.717) is 11.6 Å². The van der Waals surface area contributed by atoms with E-state index < -0.39 is 65.1 Å². The maximum Gasteiger partial charge on any atom is 0.417 e. The van der Waals surface area contributed by atoms with Crippen molar-refractivity contribution >= 4 is 17.6 Å². The van der Waals surface area contributed by atoms with E-state index in [-0.39, 0.29) is 23.7 Å². The molecule has 1 aliphatic rings. The van der Waals surface area contributed by atoms with E-state index in [1.54, 1.807) is 30.3 Å². The number of hydrogen-bond acceptors (Lipinski definition) is 7. The third-order valence-electron chi connectivity index (χ3n) is 7.20. The van der Waals surface area contributed by atoms with Gasteiger partial charge >= 0.3 is 12.1 Å². The van der Waals surface area contributed by atoms with Crippen LogP contribution in [-0.2, 0) is 20.9 Å². The Labute approximate surface area is 236 Å². The third kappa shape index (κ3) is 5.89. The predicted molar refractivity (Wildman–Crippen MR) is 135 cm³/mol. The molecule has 1 aromatic heterocycles. The van der Waals surface area contributed by atoms with Crippen molar-refractivity contribution in [3.8, 4) is 5.75 Å². The second-order valence-electron chi connectivity index (χ2n) is 9.66. The zero-order valence-corrected chi connectivity index (χ0v) is 22.4. The van der Waals surface area contributed by atoms with Gasteiger partial charge in [0.25, 0.3) is 12.3 Å². The Morgan fingerprint density at radius 3 is 2.31 bits per heavy atom. The molecule has 1 saturated heterocycles. The number of anilines is 1. The summed E-state index contributed by atoms with van der Waals surface area (Å²) in [6.07, 6.45) is -7.88. The van der Waals surface area contributed by atoms with Gasteiger partial charge in [-0.05, 0) is 25.1 Å². The highest BCUT2D eigenvalue weighted by Gasteiger charge is 2.66. The van der Waals surface area contributed by atoms with Crippen molar-refractivity contribution in [2.24, 2.45) is 5.92 Å². The standard InChI is InChI=1S/C28H25F6N3O5/c1-14-20(17-9-10-18(29)21(24(30)31)22(17)40-3)23(42-27(14,2)28(32,33)34)25(38)37-16-11-35-19(36-12-16)13-41-26(39)15-7-5-4-6-8-15/h4-12,14,20,23-24H,13H2,1-3H3,(H,37,38)/t14-,20-,23+,27+/m0/s1. The Balaban J connectivity index is 1.58. The molecule has 2 heterocycles. The minimum atomic E-state index is -4.96. The fourth-order valence-electron chi connectivity index (χ4n) is 4.80. The molecule has 0 aliphatic carbocycles. The third-order valence-corrected chi connectivity index (χ3v) is 7.20. The minimum Gasteiger partial charge on any atom is -0.496 e. The maximum atomic E-state index is 14.3. The molecule has 0 spiro atoms. The van der Waals surface area contributed by atoms with Crippen molar-refractivity contribution in [1.82, 2.24) is 9.97 Å². The normalized spacial score (nSPS) is 22.2. The molecule has 1 aliphatic heterocycles. The lowest BCUT2D eigenvalue weighted by Gasteiger charge is -2.32. The van der Waals surface area contributed by atoms with Crippen LogP contribution in [0.4, 0.5) is 32.0 Å². The number of rotatable bonds is 8. The quantitative estimate of drug-likeness (QED) is 0.251. The van der Waals surface area contributed by atoms with Gasteiger partial charge in [0.2, 0.25) is 0 Å². The van der Waals surface area contributed by atoms with Gasteiger partial charge in [-0.25, -0.2) is 27.9 Å². The highest BCUT2D eigenvalue weighted by molar-refractivity contribution is 5.95. The molecule has 4 rings (SSSR count). The van der Waals surface area contributed by atoms with E-state index in [9.17, 15) is 35.9 Å². The van der Waals surface area contributed by atoms with Gasteiger partial charge in [-0.3, -0.25) is 4.79 Å². The van der Waals surface area contributed by atoms with E-state index >= 15 is 0 Å². The number of nitrogens with zero attached hydrogens (tertiary/aromatic N) is 2. The monoisotopic (exact) mass is 597 g/mol. The van der Waals surface area contributed by atoms with E-state index in [0.717, 1.165) is 39.4 Å². The Morgan fingerprint density at radius 1 is 1.10 bits per heavy atom. The first-order valence-corrected chi connectivity index (χ1v) is 12.5. The van der Waals surface area contributed by atoms with Crippen LogP contribution in [0, 0.1) is 11.7 Å². The van der Waals surface area contributed by atoms with Crippen molar-refractivity contribution in [2.75, 3.05) is 12.4 Å². The highest BCUT2D eigenvalue weighted by atomic mass is 19.4. The first-order valence-electron chi connectivity index (χ1n) is 12.5. The van der Waals surface area contributed by atoms with E-state index in [1.807, 2.05) is 0 Å². The zero-order chi connectivity index (χ0) is 30.8. The van der Waals surface area contributed by atoms with Crippen molar-refractivity contribution in [2.45, 2.75) is 50.7 Å². The Bertz CT molecular complexity index is 1440. The zero-order valence-electron chi connectivity index (χ0n) is 22.4. The average molecular weight is 598 g/mol. The Morgan fingerprint density at radius 2 is 1.74 bits per heavy atom. The van der Waals surface area contributed by atoms with Gasteiger partial charge in [-0.1, -0.05) is 31.2 Å². The number of carbonyl (C=O) groups excluding carboxylic acids is 2. The van der Waals surface area contributed by atoms with E-state index in [2.05, 4.69) is 15.3 Å². The summed E-state index contributed by atoms with van der Waals surface area (Å²) in [5.41, 5.74) is -3.98. The number of amides is 1. The molecule has 14 heteroatoms. The average Bonchev–Trinajstić information content (AvgIpc) is 3.24. The summed E-state index contributed by atoms with van der Waals surface area (Å²) in [6, 6.07) is 9.84. The lowest BCUT2D eigenvalue weighted by molar-refractivity contribution is -0.272. The first kappa shape index (κ1) is 30.8. The SMILES string of the molecule is COc1c([C@H]2[C@H](C(=O)Nc3cnc(COC(=O)c4ccccc4)nc3)O[C@@](C)(C(F)(F)F)[C@H]2C)ccc(F)c1C(F)F. The minimum absolute atomic E-state index is 0.0342. The summed E-state index contributed by atoms with van der Waals surface area (Å²) in [5.74, 6) is -6.55. The molecule has 0 radical (unpaired) electrons. The van der Waals surface area contributed by atoms with Crippen molar-refractivity contribution < 1.29 is 50.1 Å². The number of carbonyl (C=O) groups is 2. The summed E-state index contributed by atoms with van der Waals surface area (Å²) < 4.78 is 99.6. The summed E-state index contributed by atoms with van der Waals surface area (Å²) >= 11 is 0. The summed E-state index contributed by atoms with van der Waals surface area (Å²) in [7, 11) is 0.971. The number of halogens is 6. The van der Waals surface area contributed by atoms with Crippen LogP contribution in [0.15, 0.2) is 54.9 Å². The molecular formula is C28H25F6N3O5. The topological polar surface area (TPSA) is 99.6 Å². The maximum absolute atomic E-state index is 14.3. The lowest BCUT2D eigenvalue weighted by Crippen LogP contribution is -2.47. The van der Waals surface area contributed by atoms with Crippen LogP contribution >= 0.6 is 0 Å². The highest BCUT2D eigenvalue weighted by Crippen LogP contribution is 2.55. The second-order valence-corrected chi connectivity index (χ2v) is 9.66. The van der Waals surface area contributed by atoms with Crippen molar-refractivity contribution in [3.05, 3.63) is 83.2 Å². The lowest BCUT2D eigenvalue weighted by atomic mass is 9.76. The van der Waals surface area contributed by atoms with Crippen LogP contribution < -0.4 is 10.1 Å². The number of methoxy groups -OCH3 is 1. The smallest absolute Gasteiger partial charge is 0.417 e. The van der Waals surface area contributed by atoms with Crippen molar-refractivity contribution in [3.63, 3.8) is 0 Å². The van der Waals surface area contributed by atoms with Crippen LogP contribution in [0.2, 0.25) is 0 Å². The molecular weight excluding hydrogens is 572 g/mol. The van der Waals surface area contributed by atoms with Gasteiger partial charge in [0.15, 0.2) is 18.0 Å². The number of alkyl halides is 5. The molecule has 4 atom stereocenters. The molecule has 0 bridgehead atoms. The van der Waals surface area contributed by atoms with Gasteiger partial charge in [-0.2, -0.15) is 13.2 Å². The number of aromatic nitrogens is 2. The number of benzene rings is 2. The second kappa shape index (κ2) is 12.0. The molecule has 42 heavy (non-hydrogen) atoms. The van der Waals surface area contributed by atoms with Crippen LogP contribution in [0.3, 0.4) is 0 Å². The molecule has 1 amide bonds.